The monoisotopic (exact) mass is 341 g/mol. The fraction of sp³-hybridized carbons (Fsp3) is 0.389. The maximum atomic E-state index is 12.5. The normalized spacial score (nSPS) is 15.9. The van der Waals surface area contributed by atoms with E-state index in [0.29, 0.717) is 17.9 Å². The zero-order valence-corrected chi connectivity index (χ0v) is 14.3. The molecule has 3 rings (SSSR count). The number of amides is 2. The molecule has 2 amide bonds. The number of aryl methyl sites for hydroxylation is 1. The van der Waals surface area contributed by atoms with E-state index in [4.69, 9.17) is 5.73 Å². The predicted molar refractivity (Wildman–Crippen MR) is 95.3 cm³/mol. The molecule has 132 valence electrons. The van der Waals surface area contributed by atoms with Gasteiger partial charge in [-0.05, 0) is 31.4 Å². The van der Waals surface area contributed by atoms with Crippen molar-refractivity contribution in [3.63, 3.8) is 0 Å². The number of nitrogens with one attached hydrogen (secondary N) is 1. The molecule has 0 spiro atoms. The number of hydrogen-bond acceptors (Lipinski definition) is 4. The maximum absolute atomic E-state index is 12.5. The van der Waals surface area contributed by atoms with Crippen LogP contribution in [0.15, 0.2) is 36.5 Å². The summed E-state index contributed by atoms with van der Waals surface area (Å²) in [6.45, 7) is 3.79. The zero-order valence-electron chi connectivity index (χ0n) is 14.3. The Kier molecular flexibility index (Phi) is 5.14. The van der Waals surface area contributed by atoms with Crippen LogP contribution in [-0.4, -0.2) is 46.1 Å². The number of carbonyl (C=O) groups excluding carboxylic acids is 2. The summed E-state index contributed by atoms with van der Waals surface area (Å²) in [5, 5.41) is 7.35. The Hall–Kier alpha value is -2.67. The lowest BCUT2D eigenvalue weighted by Gasteiger charge is -2.31. The van der Waals surface area contributed by atoms with Gasteiger partial charge in [-0.1, -0.05) is 18.2 Å². The van der Waals surface area contributed by atoms with Crippen LogP contribution < -0.4 is 11.1 Å². The van der Waals surface area contributed by atoms with Crippen LogP contribution in [0.3, 0.4) is 0 Å². The highest BCUT2D eigenvalue weighted by Crippen LogP contribution is 2.25. The van der Waals surface area contributed by atoms with Crippen molar-refractivity contribution in [3.05, 3.63) is 47.7 Å². The molecule has 7 nitrogen and oxygen atoms in total. The minimum absolute atomic E-state index is 0.133. The highest BCUT2D eigenvalue weighted by molar-refractivity contribution is 6.04. The Morgan fingerprint density at radius 3 is 2.64 bits per heavy atom. The summed E-state index contributed by atoms with van der Waals surface area (Å²) in [5.41, 5.74) is 6.85. The molecule has 1 aromatic carbocycles. The molecule has 0 aliphatic carbocycles. The number of primary amides is 1. The molecule has 0 bridgehead atoms. The van der Waals surface area contributed by atoms with Gasteiger partial charge in [-0.2, -0.15) is 5.10 Å². The third-order valence-electron chi connectivity index (χ3n) is 4.58. The predicted octanol–water partition coefficient (Wildman–Crippen LogP) is 1.57. The lowest BCUT2D eigenvalue weighted by atomic mass is 10.1. The van der Waals surface area contributed by atoms with Crippen molar-refractivity contribution in [1.82, 2.24) is 14.7 Å². The van der Waals surface area contributed by atoms with E-state index in [1.807, 2.05) is 46.8 Å². The minimum atomic E-state index is -0.302. The van der Waals surface area contributed by atoms with E-state index < -0.39 is 0 Å². The lowest BCUT2D eigenvalue weighted by Crippen LogP contribution is -2.40. The Labute approximate surface area is 146 Å². The zero-order chi connectivity index (χ0) is 17.8. The largest absolute Gasteiger partial charge is 0.369 e. The van der Waals surface area contributed by atoms with E-state index in [2.05, 4.69) is 10.4 Å². The fourth-order valence-electron chi connectivity index (χ4n) is 3.26. The Morgan fingerprint density at radius 2 is 1.96 bits per heavy atom. The van der Waals surface area contributed by atoms with E-state index in [1.54, 1.807) is 6.20 Å². The highest BCUT2D eigenvalue weighted by Gasteiger charge is 2.24. The van der Waals surface area contributed by atoms with E-state index in [0.717, 1.165) is 31.5 Å². The number of carbonyl (C=O) groups is 2. The summed E-state index contributed by atoms with van der Waals surface area (Å²) in [7, 11) is 0. The first-order valence-electron chi connectivity index (χ1n) is 8.46. The van der Waals surface area contributed by atoms with Crippen LogP contribution in [0.25, 0.3) is 0 Å². The van der Waals surface area contributed by atoms with Gasteiger partial charge in [0, 0.05) is 24.7 Å². The van der Waals surface area contributed by atoms with Crippen LogP contribution in [0.5, 0.6) is 0 Å². The molecule has 1 aromatic heterocycles. The second kappa shape index (κ2) is 7.48. The second-order valence-corrected chi connectivity index (χ2v) is 6.40. The van der Waals surface area contributed by atoms with Gasteiger partial charge in [-0.15, -0.1) is 0 Å². The van der Waals surface area contributed by atoms with E-state index in [1.165, 1.54) is 0 Å². The van der Waals surface area contributed by atoms with Gasteiger partial charge < -0.3 is 11.1 Å². The van der Waals surface area contributed by atoms with Crippen LogP contribution in [0, 0.1) is 6.92 Å². The van der Waals surface area contributed by atoms with E-state index >= 15 is 0 Å². The number of piperidine rings is 1. The molecule has 1 fully saturated rings. The van der Waals surface area contributed by atoms with Crippen molar-refractivity contribution in [2.24, 2.45) is 5.73 Å². The van der Waals surface area contributed by atoms with Gasteiger partial charge in [0.15, 0.2) is 0 Å². The molecule has 0 saturated carbocycles. The van der Waals surface area contributed by atoms with Gasteiger partial charge in [0.05, 0.1) is 18.8 Å². The molecule has 0 radical (unpaired) electrons. The molecule has 2 heterocycles. The Balaban J connectivity index is 1.66. The molecule has 3 N–H and O–H groups in total. The topological polar surface area (TPSA) is 93.2 Å². The van der Waals surface area contributed by atoms with Crippen molar-refractivity contribution >= 4 is 17.6 Å². The standard InChI is InChI=1S/C18H23N5O2/c1-13-4-2-3-5-15(13)18(25)21-17-6-9-20-23(17)14-7-10-22(11-8-14)12-16(19)24/h2-6,9,14H,7-8,10-12H2,1H3,(H2,19,24)(H,21,25). The van der Waals surface area contributed by atoms with Crippen LogP contribution in [0.2, 0.25) is 0 Å². The van der Waals surface area contributed by atoms with Crippen LogP contribution >= 0.6 is 0 Å². The summed E-state index contributed by atoms with van der Waals surface area (Å²) in [4.78, 5) is 25.6. The number of likely N-dealkylation sites (tertiary alicyclic amines) is 1. The molecule has 1 saturated heterocycles. The number of rotatable bonds is 5. The lowest BCUT2D eigenvalue weighted by molar-refractivity contribution is -0.119. The van der Waals surface area contributed by atoms with Gasteiger partial charge in [0.1, 0.15) is 5.82 Å². The number of nitrogens with two attached hydrogens (primary N) is 1. The van der Waals surface area contributed by atoms with E-state index in [-0.39, 0.29) is 17.9 Å². The highest BCUT2D eigenvalue weighted by atomic mass is 16.2. The average molecular weight is 341 g/mol. The number of benzene rings is 1. The minimum Gasteiger partial charge on any atom is -0.369 e. The van der Waals surface area contributed by atoms with Gasteiger partial charge in [0.25, 0.3) is 5.91 Å². The van der Waals surface area contributed by atoms with Gasteiger partial charge in [-0.25, -0.2) is 4.68 Å². The fourth-order valence-corrected chi connectivity index (χ4v) is 3.26. The molecule has 25 heavy (non-hydrogen) atoms. The molecular formula is C18H23N5O2. The van der Waals surface area contributed by atoms with Crippen molar-refractivity contribution in [1.29, 1.82) is 0 Å². The third kappa shape index (κ3) is 4.06. The van der Waals surface area contributed by atoms with Crippen molar-refractivity contribution in [2.75, 3.05) is 25.0 Å². The third-order valence-corrected chi connectivity index (χ3v) is 4.58. The van der Waals surface area contributed by atoms with Crippen LogP contribution in [0.1, 0.15) is 34.8 Å². The average Bonchev–Trinajstić information content (AvgIpc) is 3.03. The molecule has 1 aliphatic heterocycles. The quantitative estimate of drug-likeness (QED) is 0.863. The molecule has 1 aliphatic rings. The maximum Gasteiger partial charge on any atom is 0.257 e. The summed E-state index contributed by atoms with van der Waals surface area (Å²) in [5.74, 6) is 0.261. The van der Waals surface area contributed by atoms with Crippen molar-refractivity contribution in [3.8, 4) is 0 Å². The van der Waals surface area contributed by atoms with E-state index in [9.17, 15) is 9.59 Å². The number of aromatic nitrogens is 2. The Bertz CT molecular complexity index is 762. The first-order valence-corrected chi connectivity index (χ1v) is 8.46. The van der Waals surface area contributed by atoms with Crippen molar-refractivity contribution in [2.45, 2.75) is 25.8 Å². The summed E-state index contributed by atoms with van der Waals surface area (Å²) in [6, 6.07) is 9.51. The summed E-state index contributed by atoms with van der Waals surface area (Å²) in [6.07, 6.45) is 3.42. The van der Waals surface area contributed by atoms with Gasteiger partial charge in [-0.3, -0.25) is 14.5 Å². The second-order valence-electron chi connectivity index (χ2n) is 6.40. The SMILES string of the molecule is Cc1ccccc1C(=O)Nc1ccnn1C1CCN(CC(N)=O)CC1. The summed E-state index contributed by atoms with van der Waals surface area (Å²) >= 11 is 0. The van der Waals surface area contributed by atoms with Crippen LogP contribution in [0.4, 0.5) is 5.82 Å². The molecule has 2 aromatic rings. The van der Waals surface area contributed by atoms with Crippen LogP contribution in [-0.2, 0) is 4.79 Å². The van der Waals surface area contributed by atoms with Gasteiger partial charge >= 0.3 is 0 Å². The smallest absolute Gasteiger partial charge is 0.257 e. The Morgan fingerprint density at radius 1 is 1.24 bits per heavy atom. The molecular weight excluding hydrogens is 318 g/mol. The molecule has 0 atom stereocenters. The number of hydrogen-bond donors (Lipinski definition) is 2. The number of anilines is 1. The van der Waals surface area contributed by atoms with Crippen molar-refractivity contribution < 1.29 is 9.59 Å². The summed E-state index contributed by atoms with van der Waals surface area (Å²) < 4.78 is 1.87. The molecule has 7 heteroatoms. The first kappa shape index (κ1) is 17.2. The molecule has 0 unspecified atom stereocenters. The first-order chi connectivity index (χ1) is 12.0. The van der Waals surface area contributed by atoms with Gasteiger partial charge in [0.2, 0.25) is 5.91 Å². The number of nitrogens with zero attached hydrogens (tertiary/aromatic N) is 3.